The molecular formula is C19H17N3O. The Balaban J connectivity index is 2.17. The van der Waals surface area contributed by atoms with E-state index in [-0.39, 0.29) is 22.8 Å². The van der Waals surface area contributed by atoms with Crippen molar-refractivity contribution in [3.63, 3.8) is 0 Å². The number of allylic oxidation sites excluding steroid dienone is 3. The predicted molar refractivity (Wildman–Crippen MR) is 89.4 cm³/mol. The largest absolute Gasteiger partial charge is 0.385 e. The van der Waals surface area contributed by atoms with Crippen molar-refractivity contribution in [1.29, 1.82) is 10.5 Å². The summed E-state index contributed by atoms with van der Waals surface area (Å²) in [5.74, 6) is -0.572. The van der Waals surface area contributed by atoms with E-state index in [1.165, 1.54) is 0 Å². The van der Waals surface area contributed by atoms with Crippen LogP contribution in [0.1, 0.15) is 48.8 Å². The zero-order valence-corrected chi connectivity index (χ0v) is 13.0. The number of carbonyl (C=O) groups excluding carboxylic acids is 1. The van der Waals surface area contributed by atoms with Gasteiger partial charge in [0.2, 0.25) is 0 Å². The molecule has 4 heteroatoms. The molecule has 114 valence electrons. The van der Waals surface area contributed by atoms with E-state index in [1.807, 2.05) is 30.4 Å². The maximum Gasteiger partial charge on any atom is 0.182 e. The van der Waals surface area contributed by atoms with E-state index in [0.717, 1.165) is 41.8 Å². The van der Waals surface area contributed by atoms with Gasteiger partial charge >= 0.3 is 0 Å². The maximum absolute atomic E-state index is 12.6. The van der Waals surface area contributed by atoms with Gasteiger partial charge in [0, 0.05) is 17.8 Å². The van der Waals surface area contributed by atoms with Gasteiger partial charge in [-0.1, -0.05) is 31.6 Å². The number of rotatable bonds is 4. The van der Waals surface area contributed by atoms with E-state index in [1.54, 1.807) is 0 Å². The number of hydrogen-bond donors (Lipinski definition) is 1. The Bertz CT molecular complexity index is 818. The standard InChI is InChI=1S/C19H17N3O/c1-2-3-9-22-17-8-7-12-15(10-20)16(11-21)19(23)14-6-4-5-13(17)18(12)14/h4-5,7-8,14,22H,2-3,6,9H2,1H3. The fraction of sp³-hybridized carbons (Fsp3) is 0.316. The van der Waals surface area contributed by atoms with Crippen LogP contribution in [0.4, 0.5) is 5.69 Å². The Kier molecular flexibility index (Phi) is 4.00. The highest BCUT2D eigenvalue weighted by Gasteiger charge is 2.37. The average Bonchev–Trinajstić information content (AvgIpc) is 2.58. The summed E-state index contributed by atoms with van der Waals surface area (Å²) in [7, 11) is 0. The fourth-order valence-electron chi connectivity index (χ4n) is 3.30. The zero-order valence-electron chi connectivity index (χ0n) is 13.0. The van der Waals surface area contributed by atoms with Gasteiger partial charge in [0.05, 0.1) is 11.5 Å². The second-order valence-corrected chi connectivity index (χ2v) is 5.80. The summed E-state index contributed by atoms with van der Waals surface area (Å²) in [4.78, 5) is 12.6. The first-order valence-electron chi connectivity index (χ1n) is 7.89. The summed E-state index contributed by atoms with van der Waals surface area (Å²) < 4.78 is 0. The van der Waals surface area contributed by atoms with Gasteiger partial charge in [0.25, 0.3) is 0 Å². The number of benzene rings is 1. The van der Waals surface area contributed by atoms with Gasteiger partial charge in [-0.3, -0.25) is 4.79 Å². The van der Waals surface area contributed by atoms with E-state index in [0.29, 0.717) is 6.42 Å². The van der Waals surface area contributed by atoms with Crippen LogP contribution in [0.2, 0.25) is 0 Å². The number of Topliss-reactive ketones (excluding diaryl/α,β-unsaturated/α-hetero) is 1. The Morgan fingerprint density at radius 2 is 2.04 bits per heavy atom. The molecule has 23 heavy (non-hydrogen) atoms. The quantitative estimate of drug-likeness (QED) is 0.859. The summed E-state index contributed by atoms with van der Waals surface area (Å²) in [5, 5.41) is 22.1. The lowest BCUT2D eigenvalue weighted by Crippen LogP contribution is -2.24. The van der Waals surface area contributed by atoms with E-state index in [4.69, 9.17) is 0 Å². The molecule has 2 aliphatic rings. The minimum Gasteiger partial charge on any atom is -0.385 e. The van der Waals surface area contributed by atoms with Crippen LogP contribution in [-0.2, 0) is 4.79 Å². The number of nitriles is 2. The Hall–Kier alpha value is -2.85. The lowest BCUT2D eigenvalue weighted by atomic mass is 9.72. The lowest BCUT2D eigenvalue weighted by molar-refractivity contribution is -0.116. The molecule has 0 radical (unpaired) electrons. The van der Waals surface area contributed by atoms with Gasteiger partial charge < -0.3 is 5.32 Å². The highest BCUT2D eigenvalue weighted by atomic mass is 16.1. The van der Waals surface area contributed by atoms with Gasteiger partial charge in [-0.2, -0.15) is 10.5 Å². The normalized spacial score (nSPS) is 18.2. The molecule has 0 bridgehead atoms. The minimum absolute atomic E-state index is 0.00191. The third-order valence-corrected chi connectivity index (χ3v) is 4.44. The van der Waals surface area contributed by atoms with Crippen molar-refractivity contribution >= 4 is 23.1 Å². The average molecular weight is 303 g/mol. The molecule has 0 aliphatic heterocycles. The summed E-state index contributed by atoms with van der Waals surface area (Å²) in [6.07, 6.45) is 6.76. The lowest BCUT2D eigenvalue weighted by Gasteiger charge is -2.29. The monoisotopic (exact) mass is 303 g/mol. The fourth-order valence-corrected chi connectivity index (χ4v) is 3.30. The second-order valence-electron chi connectivity index (χ2n) is 5.80. The maximum atomic E-state index is 12.6. The van der Waals surface area contributed by atoms with E-state index >= 15 is 0 Å². The van der Waals surface area contributed by atoms with Crippen LogP contribution in [0.3, 0.4) is 0 Å². The molecule has 0 fully saturated rings. The first-order chi connectivity index (χ1) is 11.2. The first kappa shape index (κ1) is 15.1. The molecule has 2 aliphatic carbocycles. The first-order valence-corrected chi connectivity index (χ1v) is 7.89. The van der Waals surface area contributed by atoms with Gasteiger partial charge in [0.15, 0.2) is 5.78 Å². The smallest absolute Gasteiger partial charge is 0.182 e. The molecule has 1 unspecified atom stereocenters. The third-order valence-electron chi connectivity index (χ3n) is 4.44. The van der Waals surface area contributed by atoms with Crippen molar-refractivity contribution in [2.75, 3.05) is 11.9 Å². The summed E-state index contributed by atoms with van der Waals surface area (Å²) in [6, 6.07) is 7.78. The number of nitrogens with zero attached hydrogens (tertiary/aromatic N) is 2. The van der Waals surface area contributed by atoms with Crippen LogP contribution in [0.25, 0.3) is 11.6 Å². The van der Waals surface area contributed by atoms with E-state index in [9.17, 15) is 15.3 Å². The molecule has 1 aromatic carbocycles. The number of anilines is 1. The molecule has 0 spiro atoms. The minimum atomic E-state index is -0.343. The van der Waals surface area contributed by atoms with Gasteiger partial charge in [-0.25, -0.2) is 0 Å². The molecule has 4 nitrogen and oxygen atoms in total. The Morgan fingerprint density at radius 3 is 2.74 bits per heavy atom. The number of hydrogen-bond acceptors (Lipinski definition) is 4. The number of unbranched alkanes of at least 4 members (excludes halogenated alkanes) is 1. The highest BCUT2D eigenvalue weighted by molar-refractivity contribution is 6.16. The molecule has 3 rings (SSSR count). The van der Waals surface area contributed by atoms with Crippen LogP contribution in [-0.4, -0.2) is 12.3 Å². The number of ketones is 1. The summed E-state index contributed by atoms with van der Waals surface area (Å²) >= 11 is 0. The Labute approximate surface area is 135 Å². The zero-order chi connectivity index (χ0) is 16.4. The topological polar surface area (TPSA) is 76.7 Å². The molecule has 1 N–H and O–H groups in total. The van der Waals surface area contributed by atoms with Crippen molar-refractivity contribution in [1.82, 2.24) is 0 Å². The summed E-state index contributed by atoms with van der Waals surface area (Å²) in [6.45, 7) is 3.01. The van der Waals surface area contributed by atoms with Gasteiger partial charge in [-0.15, -0.1) is 0 Å². The van der Waals surface area contributed by atoms with Crippen LogP contribution >= 0.6 is 0 Å². The predicted octanol–water partition coefficient (Wildman–Crippen LogP) is 3.78. The molecular weight excluding hydrogens is 286 g/mol. The number of carbonyl (C=O) groups is 1. The van der Waals surface area contributed by atoms with Crippen molar-refractivity contribution < 1.29 is 4.79 Å². The summed E-state index contributed by atoms with van der Waals surface area (Å²) in [5.41, 5.74) is 3.80. The molecule has 0 heterocycles. The molecule has 0 saturated heterocycles. The van der Waals surface area contributed by atoms with Crippen LogP contribution in [0.5, 0.6) is 0 Å². The van der Waals surface area contributed by atoms with E-state index < -0.39 is 0 Å². The van der Waals surface area contributed by atoms with Crippen LogP contribution in [0.15, 0.2) is 23.8 Å². The molecule has 0 saturated carbocycles. The molecule has 1 atom stereocenters. The molecule has 0 amide bonds. The van der Waals surface area contributed by atoms with Crippen molar-refractivity contribution in [3.8, 4) is 12.1 Å². The van der Waals surface area contributed by atoms with Crippen LogP contribution in [0, 0.1) is 22.7 Å². The van der Waals surface area contributed by atoms with Gasteiger partial charge in [-0.05, 0) is 30.0 Å². The Morgan fingerprint density at radius 1 is 1.26 bits per heavy atom. The van der Waals surface area contributed by atoms with E-state index in [2.05, 4.69) is 18.3 Å². The molecule has 1 aromatic rings. The van der Waals surface area contributed by atoms with Crippen molar-refractivity contribution in [3.05, 3.63) is 40.5 Å². The van der Waals surface area contributed by atoms with Gasteiger partial charge in [0.1, 0.15) is 17.7 Å². The second kappa shape index (κ2) is 6.10. The van der Waals surface area contributed by atoms with Crippen molar-refractivity contribution in [2.24, 2.45) is 0 Å². The third kappa shape index (κ3) is 2.33. The molecule has 0 aromatic heterocycles. The van der Waals surface area contributed by atoms with Crippen molar-refractivity contribution in [2.45, 2.75) is 32.1 Å². The SMILES string of the molecule is CCCCNc1ccc2c3c1C=CCC3C(=O)C(C#N)=C2C#N. The number of nitrogens with one attached hydrogen (secondary N) is 1. The van der Waals surface area contributed by atoms with Crippen LogP contribution < -0.4 is 5.32 Å². The highest BCUT2D eigenvalue weighted by Crippen LogP contribution is 2.44.